The van der Waals surface area contributed by atoms with Gasteiger partial charge in [0.15, 0.2) is 8.32 Å². The lowest BCUT2D eigenvalue weighted by Crippen LogP contribution is -2.39. The second kappa shape index (κ2) is 20.5. The van der Waals surface area contributed by atoms with Crippen molar-refractivity contribution in [1.29, 1.82) is 0 Å². The van der Waals surface area contributed by atoms with Gasteiger partial charge in [-0.05, 0) is 56.7 Å². The van der Waals surface area contributed by atoms with E-state index in [1.54, 1.807) is 0 Å². The van der Waals surface area contributed by atoms with E-state index in [1.165, 1.54) is 32.8 Å². The van der Waals surface area contributed by atoms with E-state index in [0.717, 1.165) is 43.8 Å². The van der Waals surface area contributed by atoms with Crippen LogP contribution in [-0.2, 0) is 14.0 Å². The van der Waals surface area contributed by atoms with E-state index in [9.17, 15) is 4.79 Å². The van der Waals surface area contributed by atoms with Crippen LogP contribution in [0.2, 0.25) is 18.1 Å². The smallest absolute Gasteiger partial charge is 0.305 e. The highest BCUT2D eigenvalue weighted by molar-refractivity contribution is 6.73. The maximum absolute atomic E-state index is 11.4. The molecule has 0 saturated heterocycles. The summed E-state index contributed by atoms with van der Waals surface area (Å²) in [5.74, 6) is -0.143. The number of unbranched alkanes of at least 4 members (excludes halogenated alkanes) is 3. The fourth-order valence-corrected chi connectivity index (χ4v) is 6.32. The number of ether oxygens (including phenoxy) is 1. The number of rotatable bonds is 19. The molecule has 4 heteroatoms. The second-order valence-corrected chi connectivity index (χ2v) is 12.8. The lowest BCUT2D eigenvalue weighted by molar-refractivity contribution is -0.140. The quantitative estimate of drug-likeness (QED) is 0.0655. The maximum Gasteiger partial charge on any atom is 0.305 e. The van der Waals surface area contributed by atoms with Crippen molar-refractivity contribution in [3.8, 4) is 0 Å². The van der Waals surface area contributed by atoms with E-state index in [4.69, 9.17) is 9.16 Å². The van der Waals surface area contributed by atoms with E-state index in [2.05, 4.69) is 76.3 Å². The molecule has 0 bridgehead atoms. The van der Waals surface area contributed by atoms with Crippen LogP contribution in [0, 0.1) is 0 Å². The first-order chi connectivity index (χ1) is 15.1. The molecule has 0 spiro atoms. The third-order valence-corrected chi connectivity index (χ3v) is 10.5. The molecule has 1 atom stereocenters. The van der Waals surface area contributed by atoms with Crippen LogP contribution in [0.4, 0.5) is 0 Å². The summed E-state index contributed by atoms with van der Waals surface area (Å²) in [6.07, 6.45) is 26.8. The van der Waals surface area contributed by atoms with E-state index in [1.807, 2.05) is 0 Å². The minimum absolute atomic E-state index is 0.0780. The average Bonchev–Trinajstić information content (AvgIpc) is 2.80. The van der Waals surface area contributed by atoms with Crippen molar-refractivity contribution in [1.82, 2.24) is 0 Å². The zero-order valence-corrected chi connectivity index (χ0v) is 21.9. The third kappa shape index (κ3) is 16.0. The summed E-state index contributed by atoms with van der Waals surface area (Å²) >= 11 is 0. The van der Waals surface area contributed by atoms with Crippen LogP contribution < -0.4 is 0 Å². The van der Waals surface area contributed by atoms with Gasteiger partial charge in [-0.3, -0.25) is 4.79 Å². The van der Waals surface area contributed by atoms with Crippen LogP contribution in [0.25, 0.3) is 0 Å². The first kappa shape index (κ1) is 29.6. The molecule has 0 saturated carbocycles. The first-order valence-electron chi connectivity index (χ1n) is 12.4. The standard InChI is InChI=1S/C27H48O3Si/c1-6-10-11-12-13-14-15-16-17-18-19-20-21-23-26(24-22-25-27(28)29-5)30-31(7-2,8-3)9-4/h13-14,16-17,19-21,23,26H,6-12,15,18,22,24-25H2,1-5H3/b14-13-,17-16-,20-19-,23-21+/t26-/m1/s1. The molecule has 3 nitrogen and oxygen atoms in total. The van der Waals surface area contributed by atoms with Crippen LogP contribution in [0.15, 0.2) is 48.6 Å². The molecule has 0 radical (unpaired) electrons. The maximum atomic E-state index is 11.4. The van der Waals surface area contributed by atoms with E-state index in [-0.39, 0.29) is 12.1 Å². The molecule has 178 valence electrons. The molecule has 0 aliphatic rings. The summed E-state index contributed by atoms with van der Waals surface area (Å²) in [6, 6.07) is 3.40. The molecule has 31 heavy (non-hydrogen) atoms. The molecule has 0 amide bonds. The highest BCUT2D eigenvalue weighted by Crippen LogP contribution is 2.25. The number of allylic oxidation sites excluding steroid dienone is 7. The Labute approximate surface area is 193 Å². The van der Waals surface area contributed by atoms with Gasteiger partial charge in [-0.15, -0.1) is 0 Å². The molecule has 0 N–H and O–H groups in total. The predicted octanol–water partition coefficient (Wildman–Crippen LogP) is 8.31. The molecular formula is C27H48O3Si. The van der Waals surface area contributed by atoms with Gasteiger partial charge < -0.3 is 9.16 Å². The highest BCUT2D eigenvalue weighted by atomic mass is 28.4. The van der Waals surface area contributed by atoms with Gasteiger partial charge in [0.2, 0.25) is 0 Å². The lowest BCUT2D eigenvalue weighted by Gasteiger charge is -2.32. The Morgan fingerprint density at radius 1 is 0.839 bits per heavy atom. The van der Waals surface area contributed by atoms with Gasteiger partial charge in [0.25, 0.3) is 0 Å². The summed E-state index contributed by atoms with van der Waals surface area (Å²) in [5, 5.41) is 0. The molecular weight excluding hydrogens is 400 g/mol. The fourth-order valence-electron chi connectivity index (χ4n) is 3.49. The predicted molar refractivity (Wildman–Crippen MR) is 138 cm³/mol. The van der Waals surface area contributed by atoms with Crippen LogP contribution in [0.1, 0.15) is 85.5 Å². The Kier molecular flexibility index (Phi) is 19.6. The van der Waals surface area contributed by atoms with E-state index < -0.39 is 8.32 Å². The Morgan fingerprint density at radius 2 is 1.48 bits per heavy atom. The number of esters is 1. The summed E-state index contributed by atoms with van der Waals surface area (Å²) in [6.45, 7) is 8.99. The van der Waals surface area contributed by atoms with Crippen molar-refractivity contribution < 1.29 is 14.0 Å². The Morgan fingerprint density at radius 3 is 2.10 bits per heavy atom. The van der Waals surface area contributed by atoms with Crippen molar-refractivity contribution in [2.24, 2.45) is 0 Å². The number of carbonyl (C=O) groups excluding carboxylic acids is 1. The summed E-state index contributed by atoms with van der Waals surface area (Å²) in [7, 11) is -0.233. The summed E-state index contributed by atoms with van der Waals surface area (Å²) in [5.41, 5.74) is 0. The number of carbonyl (C=O) groups is 1. The molecule has 0 heterocycles. The van der Waals surface area contributed by atoms with Crippen molar-refractivity contribution >= 4 is 14.3 Å². The molecule has 0 fully saturated rings. The van der Waals surface area contributed by atoms with E-state index in [0.29, 0.717) is 6.42 Å². The van der Waals surface area contributed by atoms with Gasteiger partial charge in [-0.1, -0.05) is 89.1 Å². The summed E-state index contributed by atoms with van der Waals surface area (Å²) < 4.78 is 11.4. The lowest BCUT2D eigenvalue weighted by atomic mass is 10.1. The first-order valence-corrected chi connectivity index (χ1v) is 15.0. The molecule has 0 aromatic carbocycles. The minimum Gasteiger partial charge on any atom is -0.469 e. The third-order valence-electron chi connectivity index (χ3n) is 5.86. The molecule has 0 aliphatic heterocycles. The average molecular weight is 449 g/mol. The second-order valence-electron chi connectivity index (χ2n) is 8.09. The molecule has 0 aromatic heterocycles. The van der Waals surface area contributed by atoms with Gasteiger partial charge >= 0.3 is 5.97 Å². The van der Waals surface area contributed by atoms with Crippen LogP contribution >= 0.6 is 0 Å². The van der Waals surface area contributed by atoms with Crippen LogP contribution in [0.5, 0.6) is 0 Å². The largest absolute Gasteiger partial charge is 0.469 e. The van der Waals surface area contributed by atoms with E-state index >= 15 is 0 Å². The number of methoxy groups -OCH3 is 1. The summed E-state index contributed by atoms with van der Waals surface area (Å²) in [4.78, 5) is 11.4. The fraction of sp³-hybridized carbons (Fsp3) is 0.667. The van der Waals surface area contributed by atoms with Gasteiger partial charge in [0.1, 0.15) is 0 Å². The number of hydrogen-bond acceptors (Lipinski definition) is 3. The Balaban J connectivity index is 4.52. The number of hydrogen-bond donors (Lipinski definition) is 0. The van der Waals surface area contributed by atoms with Crippen molar-refractivity contribution in [3.05, 3.63) is 48.6 Å². The van der Waals surface area contributed by atoms with Crippen molar-refractivity contribution in [3.63, 3.8) is 0 Å². The molecule has 0 aliphatic carbocycles. The topological polar surface area (TPSA) is 35.5 Å². The normalized spacial score (nSPS) is 13.8. The zero-order valence-electron chi connectivity index (χ0n) is 20.9. The molecule has 0 unspecified atom stereocenters. The SMILES string of the molecule is CCCCC/C=C\C/C=C\C/C=C\C=C\[C@H](CCCC(=O)OC)O[Si](CC)(CC)CC. The monoisotopic (exact) mass is 448 g/mol. The van der Waals surface area contributed by atoms with Crippen molar-refractivity contribution in [2.75, 3.05) is 7.11 Å². The Hall–Kier alpha value is -1.39. The van der Waals surface area contributed by atoms with Crippen molar-refractivity contribution in [2.45, 2.75) is 110 Å². The Bertz CT molecular complexity index is 536. The van der Waals surface area contributed by atoms with Gasteiger partial charge in [0, 0.05) is 6.42 Å². The zero-order chi connectivity index (χ0) is 23.2. The molecule has 0 aromatic rings. The van der Waals surface area contributed by atoms with Gasteiger partial charge in [-0.25, -0.2) is 0 Å². The molecule has 0 rings (SSSR count). The minimum atomic E-state index is -1.68. The van der Waals surface area contributed by atoms with Gasteiger partial charge in [-0.2, -0.15) is 0 Å². The van der Waals surface area contributed by atoms with Gasteiger partial charge in [0.05, 0.1) is 13.2 Å². The van der Waals surface area contributed by atoms with Crippen LogP contribution in [-0.4, -0.2) is 27.5 Å². The van der Waals surface area contributed by atoms with Crippen LogP contribution in [0.3, 0.4) is 0 Å². The highest BCUT2D eigenvalue weighted by Gasteiger charge is 2.31.